The summed E-state index contributed by atoms with van der Waals surface area (Å²) in [5.41, 5.74) is 1.61. The molecule has 0 aliphatic carbocycles. The van der Waals surface area contributed by atoms with Crippen LogP contribution >= 0.6 is 11.5 Å². The Labute approximate surface area is 80.0 Å². The van der Waals surface area contributed by atoms with Gasteiger partial charge in [-0.05, 0) is 11.5 Å². The molecule has 5 nitrogen and oxygen atoms in total. The second-order valence-corrected chi connectivity index (χ2v) is 2.90. The van der Waals surface area contributed by atoms with Crippen LogP contribution in [0.5, 0.6) is 0 Å². The second-order valence-electron chi connectivity index (χ2n) is 2.12. The molecule has 0 radical (unpaired) electrons. The third kappa shape index (κ3) is 3.66. The Balaban J connectivity index is 2.30. The fourth-order valence-corrected chi connectivity index (χ4v) is 0.902. The predicted octanol–water partition coefficient (Wildman–Crippen LogP) is 0.762. The van der Waals surface area contributed by atoms with Gasteiger partial charge in [-0.1, -0.05) is 4.49 Å². The van der Waals surface area contributed by atoms with E-state index >= 15 is 0 Å². The number of nitrogens with zero attached hydrogens (tertiary/aromatic N) is 2. The molecule has 1 rings (SSSR count). The van der Waals surface area contributed by atoms with E-state index in [1.807, 2.05) is 0 Å². The van der Waals surface area contributed by atoms with Crippen molar-refractivity contribution in [3.8, 4) is 0 Å². The van der Waals surface area contributed by atoms with Gasteiger partial charge in [-0.25, -0.2) is 5.48 Å². The van der Waals surface area contributed by atoms with Crippen LogP contribution < -0.4 is 5.48 Å². The Bertz CT molecular complexity index is 300. The van der Waals surface area contributed by atoms with Crippen LogP contribution in [0.2, 0.25) is 0 Å². The maximum Gasteiger partial charge on any atom is 0.414 e. The molecule has 1 aromatic heterocycles. The molecule has 78 valence electrons. The molecule has 1 aromatic rings. The Kier molecular flexibility index (Phi) is 3.36. The summed E-state index contributed by atoms with van der Waals surface area (Å²) < 4.78 is 38.0. The monoisotopic (exact) mass is 227 g/mol. The molecule has 0 spiro atoms. The van der Waals surface area contributed by atoms with Crippen LogP contribution in [0.25, 0.3) is 0 Å². The SMILES string of the molecule is O=C(NOCC(F)(F)F)c1cnns1. The molecule has 0 saturated carbocycles. The zero-order chi connectivity index (χ0) is 10.6. The van der Waals surface area contributed by atoms with E-state index in [0.29, 0.717) is 0 Å². The van der Waals surface area contributed by atoms with Crippen molar-refractivity contribution in [2.24, 2.45) is 0 Å². The highest BCUT2D eigenvalue weighted by Gasteiger charge is 2.28. The largest absolute Gasteiger partial charge is 0.414 e. The van der Waals surface area contributed by atoms with Crippen LogP contribution in [0.4, 0.5) is 13.2 Å². The van der Waals surface area contributed by atoms with Crippen molar-refractivity contribution in [3.05, 3.63) is 11.1 Å². The van der Waals surface area contributed by atoms with E-state index in [4.69, 9.17) is 0 Å². The van der Waals surface area contributed by atoms with Crippen molar-refractivity contribution in [3.63, 3.8) is 0 Å². The van der Waals surface area contributed by atoms with E-state index in [1.165, 1.54) is 0 Å². The predicted molar refractivity (Wildman–Crippen MR) is 39.4 cm³/mol. The van der Waals surface area contributed by atoms with Crippen molar-refractivity contribution in [1.82, 2.24) is 15.1 Å². The summed E-state index contributed by atoms with van der Waals surface area (Å²) in [6.07, 6.45) is -3.35. The molecule has 0 saturated heterocycles. The van der Waals surface area contributed by atoms with E-state index < -0.39 is 18.7 Å². The molecular formula is C5H4F3N3O2S. The number of rotatable bonds is 3. The summed E-state index contributed by atoms with van der Waals surface area (Å²) in [5, 5.41) is 3.33. The number of nitrogens with one attached hydrogen (secondary N) is 1. The highest BCUT2D eigenvalue weighted by molar-refractivity contribution is 7.07. The van der Waals surface area contributed by atoms with Gasteiger partial charge in [0.2, 0.25) is 0 Å². The van der Waals surface area contributed by atoms with E-state index in [-0.39, 0.29) is 4.88 Å². The summed E-state index contributed by atoms with van der Waals surface area (Å²) in [6.45, 7) is -1.54. The van der Waals surface area contributed by atoms with Gasteiger partial charge < -0.3 is 0 Å². The Morgan fingerprint density at radius 1 is 1.64 bits per heavy atom. The molecule has 1 N–H and O–H groups in total. The first kappa shape index (κ1) is 10.9. The first-order valence-electron chi connectivity index (χ1n) is 3.25. The number of alkyl halides is 3. The molecule has 0 aliphatic heterocycles. The lowest BCUT2D eigenvalue weighted by atomic mass is 10.5. The summed E-state index contributed by atoms with van der Waals surface area (Å²) >= 11 is 0.755. The van der Waals surface area contributed by atoms with Crippen LogP contribution in [0.3, 0.4) is 0 Å². The maximum absolute atomic E-state index is 11.6. The molecule has 0 aliphatic rings. The molecule has 0 fully saturated rings. The van der Waals surface area contributed by atoms with Crippen LogP contribution in [0.15, 0.2) is 6.20 Å². The average molecular weight is 227 g/mol. The lowest BCUT2D eigenvalue weighted by Gasteiger charge is -2.06. The van der Waals surface area contributed by atoms with Crippen molar-refractivity contribution in [2.45, 2.75) is 6.18 Å². The van der Waals surface area contributed by atoms with E-state index in [0.717, 1.165) is 17.7 Å². The summed E-state index contributed by atoms with van der Waals surface area (Å²) in [6, 6.07) is 0. The second kappa shape index (κ2) is 4.33. The van der Waals surface area contributed by atoms with Crippen molar-refractivity contribution >= 4 is 17.4 Å². The molecule has 1 heterocycles. The lowest BCUT2D eigenvalue weighted by Crippen LogP contribution is -2.29. The zero-order valence-corrected chi connectivity index (χ0v) is 7.35. The topological polar surface area (TPSA) is 64.1 Å². The molecular weight excluding hydrogens is 223 g/mol. The van der Waals surface area contributed by atoms with E-state index in [1.54, 1.807) is 5.48 Å². The Morgan fingerprint density at radius 2 is 2.36 bits per heavy atom. The number of hydrogen-bond donors (Lipinski definition) is 1. The van der Waals surface area contributed by atoms with Crippen molar-refractivity contribution in [1.29, 1.82) is 0 Å². The summed E-state index contributed by atoms with van der Waals surface area (Å²) in [7, 11) is 0. The lowest BCUT2D eigenvalue weighted by molar-refractivity contribution is -0.184. The highest BCUT2D eigenvalue weighted by atomic mass is 32.1. The molecule has 0 aromatic carbocycles. The number of hydroxylamine groups is 1. The van der Waals surface area contributed by atoms with E-state index in [9.17, 15) is 18.0 Å². The van der Waals surface area contributed by atoms with Gasteiger partial charge in [0.25, 0.3) is 5.91 Å². The van der Waals surface area contributed by atoms with E-state index in [2.05, 4.69) is 14.4 Å². The Morgan fingerprint density at radius 3 is 2.86 bits per heavy atom. The average Bonchev–Trinajstić information content (AvgIpc) is 2.53. The summed E-state index contributed by atoms with van der Waals surface area (Å²) in [4.78, 5) is 14.9. The zero-order valence-electron chi connectivity index (χ0n) is 6.54. The van der Waals surface area contributed by atoms with Crippen molar-refractivity contribution < 1.29 is 22.8 Å². The minimum absolute atomic E-state index is 0.0761. The van der Waals surface area contributed by atoms with Crippen LogP contribution in [0, 0.1) is 0 Å². The van der Waals surface area contributed by atoms with Gasteiger partial charge in [0.1, 0.15) is 4.88 Å². The normalized spacial score (nSPS) is 11.4. The van der Waals surface area contributed by atoms with Gasteiger partial charge in [-0.2, -0.15) is 13.2 Å². The minimum Gasteiger partial charge on any atom is -0.266 e. The first-order valence-corrected chi connectivity index (χ1v) is 4.02. The number of halogens is 3. The van der Waals surface area contributed by atoms with Gasteiger partial charge in [-0.15, -0.1) is 5.10 Å². The quantitative estimate of drug-likeness (QED) is 0.774. The van der Waals surface area contributed by atoms with Crippen LogP contribution in [0.1, 0.15) is 9.67 Å². The molecule has 14 heavy (non-hydrogen) atoms. The smallest absolute Gasteiger partial charge is 0.266 e. The summed E-state index contributed by atoms with van der Waals surface area (Å²) in [5.74, 6) is -0.802. The first-order chi connectivity index (χ1) is 6.49. The molecule has 1 amide bonds. The number of aromatic nitrogens is 2. The van der Waals surface area contributed by atoms with Gasteiger partial charge in [-0.3, -0.25) is 9.63 Å². The van der Waals surface area contributed by atoms with Gasteiger partial charge in [0.15, 0.2) is 6.61 Å². The van der Waals surface area contributed by atoms with Gasteiger partial charge in [0, 0.05) is 0 Å². The fraction of sp³-hybridized carbons (Fsp3) is 0.400. The minimum atomic E-state index is -4.47. The molecule has 0 unspecified atom stereocenters. The van der Waals surface area contributed by atoms with Gasteiger partial charge in [0.05, 0.1) is 6.20 Å². The number of amides is 1. The standard InChI is InChI=1S/C5H4F3N3O2S/c6-5(7,8)2-13-10-4(12)3-1-9-11-14-3/h1H,2H2,(H,10,12). The molecule has 9 heteroatoms. The highest BCUT2D eigenvalue weighted by Crippen LogP contribution is 2.13. The number of hydrogen-bond acceptors (Lipinski definition) is 5. The fourth-order valence-electron chi connectivity index (χ4n) is 0.501. The molecule has 0 atom stereocenters. The molecule has 0 bridgehead atoms. The van der Waals surface area contributed by atoms with Crippen molar-refractivity contribution in [2.75, 3.05) is 6.61 Å². The Hall–Kier alpha value is -1.22. The number of carbonyl (C=O) groups excluding carboxylic acids is 1. The van der Waals surface area contributed by atoms with Gasteiger partial charge >= 0.3 is 6.18 Å². The third-order valence-electron chi connectivity index (χ3n) is 0.986. The van der Waals surface area contributed by atoms with Crippen LogP contribution in [-0.2, 0) is 4.84 Å². The third-order valence-corrected chi connectivity index (χ3v) is 1.65. The van der Waals surface area contributed by atoms with Crippen LogP contribution in [-0.4, -0.2) is 28.3 Å². The maximum atomic E-state index is 11.6. The number of carbonyl (C=O) groups is 1.